The molecule has 10 atom stereocenters. The average molecular weight is 393 g/mol. The number of carbonyl (C=O) groups is 1. The van der Waals surface area contributed by atoms with Crippen LogP contribution in [0.1, 0.15) is 85.0 Å². The normalized spacial score (nSPS) is 51.7. The van der Waals surface area contributed by atoms with Crippen molar-refractivity contribution in [1.82, 2.24) is 0 Å². The third-order valence-electron chi connectivity index (χ3n) is 10.2. The van der Waals surface area contributed by atoms with Crippen LogP contribution in [0.25, 0.3) is 0 Å². The number of hydrogen-bond donors (Lipinski definition) is 3. The molecule has 3 unspecified atom stereocenters. The van der Waals surface area contributed by atoms with Crippen molar-refractivity contribution in [2.45, 2.75) is 97.2 Å². The van der Waals surface area contributed by atoms with E-state index in [-0.39, 0.29) is 29.5 Å². The molecular formula is C24H40O4. The highest BCUT2D eigenvalue weighted by molar-refractivity contribution is 5.66. The topological polar surface area (TPSA) is 77.8 Å². The molecule has 0 saturated heterocycles. The summed E-state index contributed by atoms with van der Waals surface area (Å²) in [7, 11) is 0. The lowest BCUT2D eigenvalue weighted by molar-refractivity contribution is -0.174. The van der Waals surface area contributed by atoms with Gasteiger partial charge < -0.3 is 15.3 Å². The van der Waals surface area contributed by atoms with Crippen LogP contribution < -0.4 is 0 Å². The minimum atomic E-state index is -0.684. The number of carboxylic acid groups (broad SMARTS) is 1. The Labute approximate surface area is 170 Å². The maximum absolute atomic E-state index is 11.2. The molecule has 4 aliphatic rings. The highest BCUT2D eigenvalue weighted by Gasteiger charge is 2.62. The Hall–Kier alpha value is -0.610. The zero-order chi connectivity index (χ0) is 20.3. The molecule has 0 spiro atoms. The van der Waals surface area contributed by atoms with Crippen LogP contribution in [-0.2, 0) is 4.79 Å². The first-order valence-corrected chi connectivity index (χ1v) is 11.7. The number of carboxylic acids is 1. The van der Waals surface area contributed by atoms with E-state index in [4.69, 9.17) is 5.11 Å². The van der Waals surface area contributed by atoms with Crippen molar-refractivity contribution in [3.63, 3.8) is 0 Å². The summed E-state index contributed by atoms with van der Waals surface area (Å²) in [5, 5.41) is 30.5. The van der Waals surface area contributed by atoms with Crippen LogP contribution in [0.15, 0.2) is 0 Å². The van der Waals surface area contributed by atoms with Gasteiger partial charge in [-0.05, 0) is 104 Å². The largest absolute Gasteiger partial charge is 0.481 e. The molecule has 0 aliphatic heterocycles. The molecule has 0 bridgehead atoms. The number of aliphatic carboxylic acids is 1. The van der Waals surface area contributed by atoms with E-state index in [0.717, 1.165) is 32.1 Å². The number of fused-ring (bicyclic) bond motifs is 5. The summed E-state index contributed by atoms with van der Waals surface area (Å²) in [5.74, 6) is 2.36. The molecule has 28 heavy (non-hydrogen) atoms. The summed E-state index contributed by atoms with van der Waals surface area (Å²) >= 11 is 0. The third-order valence-corrected chi connectivity index (χ3v) is 10.2. The van der Waals surface area contributed by atoms with Crippen molar-refractivity contribution in [1.29, 1.82) is 0 Å². The Morgan fingerprint density at radius 1 is 1.00 bits per heavy atom. The van der Waals surface area contributed by atoms with Crippen LogP contribution in [0.2, 0.25) is 0 Å². The predicted octanol–water partition coefficient (Wildman–Crippen LogP) is 4.48. The van der Waals surface area contributed by atoms with Gasteiger partial charge in [-0.3, -0.25) is 4.79 Å². The molecule has 4 rings (SSSR count). The van der Waals surface area contributed by atoms with E-state index < -0.39 is 5.97 Å². The van der Waals surface area contributed by atoms with Crippen LogP contribution in [0.3, 0.4) is 0 Å². The van der Waals surface area contributed by atoms with Gasteiger partial charge >= 0.3 is 5.97 Å². The van der Waals surface area contributed by atoms with Crippen molar-refractivity contribution >= 4 is 5.97 Å². The van der Waals surface area contributed by atoms with Gasteiger partial charge in [-0.25, -0.2) is 0 Å². The molecule has 3 N–H and O–H groups in total. The molecule has 0 heterocycles. The van der Waals surface area contributed by atoms with Gasteiger partial charge in [-0.1, -0.05) is 20.8 Å². The molecule has 0 amide bonds. The third kappa shape index (κ3) is 3.14. The van der Waals surface area contributed by atoms with Crippen molar-refractivity contribution in [3.05, 3.63) is 0 Å². The first-order valence-electron chi connectivity index (χ1n) is 11.7. The van der Waals surface area contributed by atoms with Gasteiger partial charge in [0.15, 0.2) is 0 Å². The Morgan fingerprint density at radius 2 is 1.68 bits per heavy atom. The van der Waals surface area contributed by atoms with E-state index in [1.807, 2.05) is 0 Å². The summed E-state index contributed by atoms with van der Waals surface area (Å²) in [6.45, 7) is 7.16. The minimum absolute atomic E-state index is 0.179. The van der Waals surface area contributed by atoms with Crippen molar-refractivity contribution in [2.75, 3.05) is 0 Å². The average Bonchev–Trinajstić information content (AvgIpc) is 2.98. The van der Waals surface area contributed by atoms with Crippen molar-refractivity contribution in [2.24, 2.45) is 46.3 Å². The predicted molar refractivity (Wildman–Crippen MR) is 109 cm³/mol. The molecule has 4 nitrogen and oxygen atoms in total. The standard InChI is InChI=1S/C24H40O4/c1-14(4-7-21(27)28)17-5-6-18-22-19(9-11-24(17,18)3)23(2)10-8-16(25)12-15(23)13-20(22)26/h14-20,22,25-26H,4-13H2,1-3H3,(H,27,28)/t14-,15-,16+,17+,18?,19?,20-,22?,23-,24+/m0/s1. The number of aliphatic hydroxyl groups is 2. The zero-order valence-electron chi connectivity index (χ0n) is 17.9. The van der Waals surface area contributed by atoms with E-state index in [0.29, 0.717) is 35.5 Å². The monoisotopic (exact) mass is 392 g/mol. The smallest absolute Gasteiger partial charge is 0.303 e. The fourth-order valence-corrected chi connectivity index (χ4v) is 8.73. The Balaban J connectivity index is 1.55. The quantitative estimate of drug-likeness (QED) is 0.659. The van der Waals surface area contributed by atoms with Crippen LogP contribution in [0.5, 0.6) is 0 Å². The highest BCUT2D eigenvalue weighted by atomic mass is 16.4. The maximum Gasteiger partial charge on any atom is 0.303 e. The highest BCUT2D eigenvalue weighted by Crippen LogP contribution is 2.68. The molecule has 0 radical (unpaired) electrons. The second kappa shape index (κ2) is 7.27. The summed E-state index contributed by atoms with van der Waals surface area (Å²) in [6, 6.07) is 0. The van der Waals surface area contributed by atoms with Gasteiger partial charge in [0.1, 0.15) is 0 Å². The lowest BCUT2D eigenvalue weighted by atomic mass is 9.43. The van der Waals surface area contributed by atoms with Gasteiger partial charge in [0.2, 0.25) is 0 Å². The lowest BCUT2D eigenvalue weighted by Gasteiger charge is -2.62. The molecule has 0 aromatic heterocycles. The fraction of sp³-hybridized carbons (Fsp3) is 0.958. The van der Waals surface area contributed by atoms with Crippen LogP contribution >= 0.6 is 0 Å². The molecule has 160 valence electrons. The first kappa shape index (κ1) is 20.7. The molecular weight excluding hydrogens is 352 g/mol. The second-order valence-corrected chi connectivity index (χ2v) is 11.4. The van der Waals surface area contributed by atoms with Crippen LogP contribution in [0.4, 0.5) is 0 Å². The number of rotatable bonds is 4. The van der Waals surface area contributed by atoms with Gasteiger partial charge in [0, 0.05) is 6.42 Å². The first-order chi connectivity index (χ1) is 13.2. The zero-order valence-corrected chi connectivity index (χ0v) is 17.9. The number of aliphatic hydroxyl groups excluding tert-OH is 2. The van der Waals surface area contributed by atoms with Gasteiger partial charge in [-0.15, -0.1) is 0 Å². The van der Waals surface area contributed by atoms with Crippen LogP contribution in [-0.4, -0.2) is 33.5 Å². The van der Waals surface area contributed by atoms with E-state index >= 15 is 0 Å². The Bertz CT molecular complexity index is 605. The molecule has 4 fully saturated rings. The molecule has 0 aromatic carbocycles. The van der Waals surface area contributed by atoms with Gasteiger partial charge in [0.05, 0.1) is 12.2 Å². The molecule has 0 aromatic rings. The van der Waals surface area contributed by atoms with E-state index in [9.17, 15) is 15.0 Å². The summed E-state index contributed by atoms with van der Waals surface area (Å²) in [4.78, 5) is 11.1. The van der Waals surface area contributed by atoms with Gasteiger partial charge in [-0.2, -0.15) is 0 Å². The number of hydrogen-bond acceptors (Lipinski definition) is 3. The van der Waals surface area contributed by atoms with Crippen LogP contribution in [0, 0.1) is 46.3 Å². The molecule has 4 heteroatoms. The Morgan fingerprint density at radius 3 is 2.39 bits per heavy atom. The second-order valence-electron chi connectivity index (χ2n) is 11.4. The minimum Gasteiger partial charge on any atom is -0.481 e. The Kier molecular flexibility index (Phi) is 5.36. The summed E-state index contributed by atoms with van der Waals surface area (Å²) < 4.78 is 0. The lowest BCUT2D eigenvalue weighted by Crippen LogP contribution is -2.58. The van der Waals surface area contributed by atoms with Crippen molar-refractivity contribution < 1.29 is 20.1 Å². The van der Waals surface area contributed by atoms with E-state index in [1.54, 1.807) is 0 Å². The molecule has 4 saturated carbocycles. The van der Waals surface area contributed by atoms with Crippen molar-refractivity contribution in [3.8, 4) is 0 Å². The molecule has 4 aliphatic carbocycles. The SMILES string of the molecule is C[C@@H](CCC(=O)O)[C@H]1CCC2C3C(CC[C@@]21C)[C@@]1(C)CC[C@@H](O)C[C@H]1C[C@@H]3O. The van der Waals surface area contributed by atoms with E-state index in [2.05, 4.69) is 20.8 Å². The summed E-state index contributed by atoms with van der Waals surface area (Å²) in [5.41, 5.74) is 0.523. The van der Waals surface area contributed by atoms with Gasteiger partial charge in [0.25, 0.3) is 0 Å². The summed E-state index contributed by atoms with van der Waals surface area (Å²) in [6.07, 6.45) is 9.19. The fourth-order valence-electron chi connectivity index (χ4n) is 8.73. The van der Waals surface area contributed by atoms with E-state index in [1.165, 1.54) is 25.7 Å². The maximum atomic E-state index is 11.2.